The summed E-state index contributed by atoms with van der Waals surface area (Å²) in [5.41, 5.74) is 0.453. The first-order valence-corrected chi connectivity index (χ1v) is 8.50. The van der Waals surface area contributed by atoms with Gasteiger partial charge in [0, 0.05) is 32.7 Å². The van der Waals surface area contributed by atoms with E-state index >= 15 is 0 Å². The zero-order valence-electron chi connectivity index (χ0n) is 12.1. The minimum Gasteiger partial charge on any atom is -0.364 e. The summed E-state index contributed by atoms with van der Waals surface area (Å²) in [5, 5.41) is 2.84. The van der Waals surface area contributed by atoms with E-state index in [9.17, 15) is 17.2 Å². The van der Waals surface area contributed by atoms with E-state index in [1.165, 1.54) is 16.4 Å². The number of rotatable bonds is 4. The lowest BCUT2D eigenvalue weighted by molar-refractivity contribution is 0.384. The van der Waals surface area contributed by atoms with Gasteiger partial charge < -0.3 is 10.2 Å². The Morgan fingerprint density at radius 2 is 1.67 bits per heavy atom. The summed E-state index contributed by atoms with van der Waals surface area (Å²) in [6, 6.07) is 2.61. The molecule has 0 bridgehead atoms. The van der Waals surface area contributed by atoms with Crippen LogP contribution in [0.4, 0.5) is 14.5 Å². The number of nitrogens with zero attached hydrogens (tertiary/aromatic N) is 2. The molecule has 118 valence electrons. The van der Waals surface area contributed by atoms with Gasteiger partial charge in [-0.05, 0) is 24.7 Å². The second-order valence-corrected chi connectivity index (χ2v) is 7.07. The van der Waals surface area contributed by atoms with Gasteiger partial charge in [-0.2, -0.15) is 4.31 Å². The van der Waals surface area contributed by atoms with Crippen molar-refractivity contribution in [1.82, 2.24) is 9.62 Å². The van der Waals surface area contributed by atoms with Gasteiger partial charge in [0.05, 0.1) is 6.26 Å². The van der Waals surface area contributed by atoms with Crippen molar-refractivity contribution in [1.29, 1.82) is 0 Å². The minimum atomic E-state index is -3.25. The van der Waals surface area contributed by atoms with Crippen molar-refractivity contribution in [2.45, 2.75) is 6.54 Å². The fourth-order valence-electron chi connectivity index (χ4n) is 2.47. The Morgan fingerprint density at radius 3 is 2.10 bits per heavy atom. The lowest BCUT2D eigenvalue weighted by Crippen LogP contribution is -2.48. The van der Waals surface area contributed by atoms with Crippen LogP contribution in [-0.2, 0) is 16.6 Å². The normalized spacial score (nSPS) is 17.2. The first kappa shape index (κ1) is 16.1. The van der Waals surface area contributed by atoms with Crippen LogP contribution in [0.3, 0.4) is 0 Å². The summed E-state index contributed by atoms with van der Waals surface area (Å²) >= 11 is 0. The Balaban J connectivity index is 2.17. The first-order chi connectivity index (χ1) is 9.82. The zero-order valence-corrected chi connectivity index (χ0v) is 12.9. The molecule has 1 fully saturated rings. The Hall–Kier alpha value is -1.25. The molecule has 0 aromatic heterocycles. The lowest BCUT2D eigenvalue weighted by atomic mass is 10.1. The Kier molecular flexibility index (Phi) is 4.80. The summed E-state index contributed by atoms with van der Waals surface area (Å²) < 4.78 is 52.4. The van der Waals surface area contributed by atoms with Crippen molar-refractivity contribution < 1.29 is 17.2 Å². The second kappa shape index (κ2) is 6.25. The van der Waals surface area contributed by atoms with E-state index in [1.54, 1.807) is 11.9 Å². The Morgan fingerprint density at radius 1 is 1.14 bits per heavy atom. The third-order valence-corrected chi connectivity index (χ3v) is 4.78. The molecule has 1 heterocycles. The molecule has 0 amide bonds. The Bertz CT molecular complexity index is 591. The lowest BCUT2D eigenvalue weighted by Gasteiger charge is -2.35. The molecule has 0 unspecified atom stereocenters. The molecule has 21 heavy (non-hydrogen) atoms. The average molecular weight is 319 g/mol. The zero-order chi connectivity index (χ0) is 15.6. The third-order valence-electron chi connectivity index (χ3n) is 3.48. The predicted molar refractivity (Wildman–Crippen MR) is 77.8 cm³/mol. The number of hydrogen-bond acceptors (Lipinski definition) is 4. The first-order valence-electron chi connectivity index (χ1n) is 6.65. The molecule has 5 nitrogen and oxygen atoms in total. The van der Waals surface area contributed by atoms with Crippen LogP contribution < -0.4 is 10.2 Å². The van der Waals surface area contributed by atoms with Gasteiger partial charge in [0.25, 0.3) is 0 Å². The molecular weight excluding hydrogens is 300 g/mol. The molecule has 1 N–H and O–H groups in total. The number of halogens is 2. The van der Waals surface area contributed by atoms with E-state index < -0.39 is 21.7 Å². The molecular formula is C13H19F2N3O2S. The van der Waals surface area contributed by atoms with E-state index in [0.29, 0.717) is 12.1 Å². The molecule has 0 atom stereocenters. The smallest absolute Gasteiger partial charge is 0.211 e. The van der Waals surface area contributed by atoms with Gasteiger partial charge in [-0.25, -0.2) is 17.2 Å². The number of nitrogens with one attached hydrogen (secondary N) is 1. The van der Waals surface area contributed by atoms with Gasteiger partial charge in [-0.15, -0.1) is 0 Å². The summed E-state index contributed by atoms with van der Waals surface area (Å²) in [7, 11) is -1.55. The maximum absolute atomic E-state index is 14.1. The fourth-order valence-corrected chi connectivity index (χ4v) is 3.30. The minimum absolute atomic E-state index is 0.0806. The number of benzene rings is 1. The Labute approximate surface area is 123 Å². The van der Waals surface area contributed by atoms with Crippen LogP contribution in [0.1, 0.15) is 5.56 Å². The standard InChI is InChI=1S/C13H19F2N3O2S/c1-16-9-10-7-11(14)13(12(15)8-10)17-3-5-18(6-4-17)21(2,19)20/h7-8,16H,3-6,9H2,1-2H3. The van der Waals surface area contributed by atoms with Crippen LogP contribution in [0, 0.1) is 11.6 Å². The van der Waals surface area contributed by atoms with Gasteiger partial charge >= 0.3 is 0 Å². The molecule has 1 aliphatic rings. The summed E-state index contributed by atoms with van der Waals surface area (Å²) in [5.74, 6) is -1.24. The summed E-state index contributed by atoms with van der Waals surface area (Å²) in [6.07, 6.45) is 1.14. The molecule has 1 aromatic carbocycles. The summed E-state index contributed by atoms with van der Waals surface area (Å²) in [6.45, 7) is 1.39. The monoisotopic (exact) mass is 319 g/mol. The van der Waals surface area contributed by atoms with Crippen LogP contribution >= 0.6 is 0 Å². The van der Waals surface area contributed by atoms with Crippen molar-refractivity contribution in [2.75, 3.05) is 44.4 Å². The van der Waals surface area contributed by atoms with E-state index in [1.807, 2.05) is 0 Å². The topological polar surface area (TPSA) is 52.6 Å². The maximum atomic E-state index is 14.1. The van der Waals surface area contributed by atoms with E-state index in [4.69, 9.17) is 0 Å². The number of hydrogen-bond donors (Lipinski definition) is 1. The van der Waals surface area contributed by atoms with Gasteiger partial charge in [-0.3, -0.25) is 0 Å². The second-order valence-electron chi connectivity index (χ2n) is 5.09. The van der Waals surface area contributed by atoms with Gasteiger partial charge in [0.1, 0.15) is 17.3 Å². The highest BCUT2D eigenvalue weighted by molar-refractivity contribution is 7.88. The van der Waals surface area contributed by atoms with Crippen LogP contribution in [0.2, 0.25) is 0 Å². The highest BCUT2D eigenvalue weighted by Gasteiger charge is 2.26. The van der Waals surface area contributed by atoms with E-state index in [0.717, 1.165) is 6.26 Å². The van der Waals surface area contributed by atoms with Crippen molar-refractivity contribution in [3.05, 3.63) is 29.3 Å². The van der Waals surface area contributed by atoms with Gasteiger partial charge in [-0.1, -0.05) is 0 Å². The van der Waals surface area contributed by atoms with Crippen LogP contribution in [0.15, 0.2) is 12.1 Å². The van der Waals surface area contributed by atoms with Crippen molar-refractivity contribution >= 4 is 15.7 Å². The molecule has 1 aliphatic heterocycles. The molecule has 1 aromatic rings. The van der Waals surface area contributed by atoms with E-state index in [2.05, 4.69) is 5.32 Å². The highest BCUT2D eigenvalue weighted by atomic mass is 32.2. The molecule has 8 heteroatoms. The maximum Gasteiger partial charge on any atom is 0.211 e. The van der Waals surface area contributed by atoms with Crippen LogP contribution in [-0.4, -0.2) is 52.2 Å². The van der Waals surface area contributed by atoms with Gasteiger partial charge in [0.2, 0.25) is 10.0 Å². The van der Waals surface area contributed by atoms with E-state index in [-0.39, 0.29) is 31.9 Å². The molecule has 0 spiro atoms. The number of piperazine rings is 1. The van der Waals surface area contributed by atoms with Gasteiger partial charge in [0.15, 0.2) is 0 Å². The fraction of sp³-hybridized carbons (Fsp3) is 0.538. The van der Waals surface area contributed by atoms with Crippen molar-refractivity contribution in [3.63, 3.8) is 0 Å². The van der Waals surface area contributed by atoms with Crippen molar-refractivity contribution in [2.24, 2.45) is 0 Å². The largest absolute Gasteiger partial charge is 0.364 e. The molecule has 0 aliphatic carbocycles. The third kappa shape index (κ3) is 3.69. The molecule has 2 rings (SSSR count). The highest BCUT2D eigenvalue weighted by Crippen LogP contribution is 2.26. The van der Waals surface area contributed by atoms with Crippen molar-refractivity contribution in [3.8, 4) is 0 Å². The number of sulfonamides is 1. The SMILES string of the molecule is CNCc1cc(F)c(N2CCN(S(C)(=O)=O)CC2)c(F)c1. The summed E-state index contributed by atoms with van der Waals surface area (Å²) in [4.78, 5) is 1.55. The van der Waals surface area contributed by atoms with Crippen LogP contribution in [0.25, 0.3) is 0 Å². The molecule has 1 saturated heterocycles. The number of anilines is 1. The molecule has 0 saturated carbocycles. The average Bonchev–Trinajstić information content (AvgIpc) is 2.38. The predicted octanol–water partition coefficient (Wildman–Crippen LogP) is 0.766. The quantitative estimate of drug-likeness (QED) is 0.890. The van der Waals surface area contributed by atoms with Crippen LogP contribution in [0.5, 0.6) is 0 Å². The molecule has 0 radical (unpaired) electrons.